The molecule has 0 atom stereocenters. The molecule has 4 nitrogen and oxygen atoms in total. The van der Waals surface area contributed by atoms with Gasteiger partial charge in [-0.2, -0.15) is 0 Å². The van der Waals surface area contributed by atoms with Gasteiger partial charge in [-0.05, 0) is 42.8 Å². The van der Waals surface area contributed by atoms with Gasteiger partial charge in [-0.1, -0.05) is 31.0 Å². The Morgan fingerprint density at radius 1 is 1.09 bits per heavy atom. The summed E-state index contributed by atoms with van der Waals surface area (Å²) in [6.07, 6.45) is 2.09. The van der Waals surface area contributed by atoms with Crippen molar-refractivity contribution in [1.29, 1.82) is 0 Å². The number of rotatable bonds is 8. The highest BCUT2D eigenvalue weighted by Crippen LogP contribution is 2.20. The van der Waals surface area contributed by atoms with Crippen LogP contribution in [0.1, 0.15) is 19.8 Å². The van der Waals surface area contributed by atoms with Crippen molar-refractivity contribution in [3.63, 3.8) is 0 Å². The normalized spacial score (nSPS) is 10.2. The lowest BCUT2D eigenvalue weighted by Gasteiger charge is -2.10. The van der Waals surface area contributed by atoms with E-state index in [1.54, 1.807) is 36.4 Å². The number of nitrogens with one attached hydrogen (secondary N) is 1. The Morgan fingerprint density at radius 3 is 2.48 bits per heavy atom. The SMILES string of the molecule is CCCCOc1cccc(OCC(=O)Nc2ccc(Cl)cc2)c1. The van der Waals surface area contributed by atoms with Crippen molar-refractivity contribution in [3.05, 3.63) is 53.6 Å². The first-order valence-corrected chi connectivity index (χ1v) is 7.96. The van der Waals surface area contributed by atoms with Gasteiger partial charge in [0.15, 0.2) is 6.61 Å². The van der Waals surface area contributed by atoms with Crippen LogP contribution < -0.4 is 14.8 Å². The van der Waals surface area contributed by atoms with E-state index in [1.807, 2.05) is 12.1 Å². The van der Waals surface area contributed by atoms with E-state index in [2.05, 4.69) is 12.2 Å². The molecule has 0 spiro atoms. The van der Waals surface area contributed by atoms with E-state index in [1.165, 1.54) is 0 Å². The molecule has 0 bridgehead atoms. The Morgan fingerprint density at radius 2 is 1.78 bits per heavy atom. The van der Waals surface area contributed by atoms with E-state index in [0.717, 1.165) is 18.6 Å². The van der Waals surface area contributed by atoms with Gasteiger partial charge in [-0.15, -0.1) is 0 Å². The minimum atomic E-state index is -0.232. The number of hydrogen-bond donors (Lipinski definition) is 1. The molecule has 2 rings (SSSR count). The molecule has 0 aliphatic heterocycles. The Hall–Kier alpha value is -2.20. The third kappa shape index (κ3) is 6.20. The molecule has 0 saturated heterocycles. The average molecular weight is 334 g/mol. The van der Waals surface area contributed by atoms with Crippen molar-refractivity contribution in [3.8, 4) is 11.5 Å². The Kier molecular flexibility index (Phi) is 6.76. The molecule has 1 N–H and O–H groups in total. The zero-order chi connectivity index (χ0) is 16.5. The minimum absolute atomic E-state index is 0.0684. The van der Waals surface area contributed by atoms with Gasteiger partial charge in [0.1, 0.15) is 11.5 Å². The third-order valence-corrected chi connectivity index (χ3v) is 3.32. The van der Waals surface area contributed by atoms with Crippen LogP contribution in [0.4, 0.5) is 5.69 Å². The van der Waals surface area contributed by atoms with Gasteiger partial charge < -0.3 is 14.8 Å². The maximum Gasteiger partial charge on any atom is 0.262 e. The molecule has 2 aromatic rings. The van der Waals surface area contributed by atoms with E-state index < -0.39 is 0 Å². The minimum Gasteiger partial charge on any atom is -0.493 e. The number of amides is 1. The van der Waals surface area contributed by atoms with Crippen LogP contribution in [-0.2, 0) is 4.79 Å². The molecule has 1 amide bonds. The van der Waals surface area contributed by atoms with E-state index in [9.17, 15) is 4.79 Å². The van der Waals surface area contributed by atoms with Gasteiger partial charge in [0.2, 0.25) is 0 Å². The molecule has 0 radical (unpaired) electrons. The maximum atomic E-state index is 11.9. The van der Waals surface area contributed by atoms with Gasteiger partial charge in [0.05, 0.1) is 6.61 Å². The molecule has 23 heavy (non-hydrogen) atoms. The molecule has 0 saturated carbocycles. The largest absolute Gasteiger partial charge is 0.493 e. The zero-order valence-corrected chi connectivity index (χ0v) is 13.8. The summed E-state index contributed by atoms with van der Waals surface area (Å²) < 4.78 is 11.1. The lowest BCUT2D eigenvalue weighted by atomic mass is 10.3. The zero-order valence-electron chi connectivity index (χ0n) is 13.0. The molecule has 0 aromatic heterocycles. The summed E-state index contributed by atoms with van der Waals surface area (Å²) in [7, 11) is 0. The topological polar surface area (TPSA) is 47.6 Å². The average Bonchev–Trinajstić information content (AvgIpc) is 2.56. The number of hydrogen-bond acceptors (Lipinski definition) is 3. The molecule has 0 aliphatic rings. The van der Waals surface area contributed by atoms with E-state index in [-0.39, 0.29) is 12.5 Å². The Labute approximate surface area is 141 Å². The first-order valence-electron chi connectivity index (χ1n) is 7.58. The fourth-order valence-corrected chi connectivity index (χ4v) is 1.99. The highest BCUT2D eigenvalue weighted by atomic mass is 35.5. The molecule has 0 heterocycles. The quantitative estimate of drug-likeness (QED) is 0.722. The van der Waals surface area contributed by atoms with Gasteiger partial charge in [-0.25, -0.2) is 0 Å². The fourth-order valence-electron chi connectivity index (χ4n) is 1.87. The van der Waals surface area contributed by atoms with E-state index in [4.69, 9.17) is 21.1 Å². The number of benzene rings is 2. The number of carbonyl (C=O) groups is 1. The smallest absolute Gasteiger partial charge is 0.262 e. The molecular weight excluding hydrogens is 314 g/mol. The number of carbonyl (C=O) groups excluding carboxylic acids is 1. The van der Waals surface area contributed by atoms with Crippen LogP contribution in [0.15, 0.2) is 48.5 Å². The summed E-state index contributed by atoms with van der Waals surface area (Å²) in [6, 6.07) is 14.2. The molecule has 0 fully saturated rings. The van der Waals surface area contributed by atoms with Crippen molar-refractivity contribution in [2.24, 2.45) is 0 Å². The predicted octanol–water partition coefficient (Wildman–Crippen LogP) is 4.54. The van der Waals surface area contributed by atoms with Crippen molar-refractivity contribution in [1.82, 2.24) is 0 Å². The molecule has 122 valence electrons. The predicted molar refractivity (Wildman–Crippen MR) is 92.4 cm³/mol. The maximum absolute atomic E-state index is 11.9. The monoisotopic (exact) mass is 333 g/mol. The first kappa shape index (κ1) is 17.2. The number of halogens is 1. The lowest BCUT2D eigenvalue weighted by Crippen LogP contribution is -2.20. The van der Waals surface area contributed by atoms with Gasteiger partial charge in [-0.3, -0.25) is 4.79 Å². The molecule has 0 aliphatic carbocycles. The first-order chi connectivity index (χ1) is 11.2. The van der Waals surface area contributed by atoms with Crippen LogP contribution in [0.25, 0.3) is 0 Å². The second-order valence-corrected chi connectivity index (χ2v) is 5.46. The fraction of sp³-hybridized carbons (Fsp3) is 0.278. The second-order valence-electron chi connectivity index (χ2n) is 5.02. The number of unbranched alkanes of at least 4 members (excludes halogenated alkanes) is 1. The third-order valence-electron chi connectivity index (χ3n) is 3.07. The summed E-state index contributed by atoms with van der Waals surface area (Å²) in [5.41, 5.74) is 0.680. The summed E-state index contributed by atoms with van der Waals surface area (Å²) in [5.74, 6) is 1.11. The van der Waals surface area contributed by atoms with Crippen LogP contribution in [-0.4, -0.2) is 19.1 Å². The van der Waals surface area contributed by atoms with Gasteiger partial charge in [0.25, 0.3) is 5.91 Å². The molecular formula is C18H20ClNO3. The van der Waals surface area contributed by atoms with Crippen molar-refractivity contribution in [2.45, 2.75) is 19.8 Å². The second kappa shape index (κ2) is 9.06. The van der Waals surface area contributed by atoms with Crippen LogP contribution in [0.5, 0.6) is 11.5 Å². The lowest BCUT2D eigenvalue weighted by molar-refractivity contribution is -0.118. The molecule has 0 unspecified atom stereocenters. The van der Waals surface area contributed by atoms with Crippen molar-refractivity contribution in [2.75, 3.05) is 18.5 Å². The van der Waals surface area contributed by atoms with E-state index >= 15 is 0 Å². The highest BCUT2D eigenvalue weighted by molar-refractivity contribution is 6.30. The van der Waals surface area contributed by atoms with Gasteiger partial charge in [0, 0.05) is 16.8 Å². The standard InChI is InChI=1S/C18H20ClNO3/c1-2-3-11-22-16-5-4-6-17(12-16)23-13-18(21)20-15-9-7-14(19)8-10-15/h4-10,12H,2-3,11,13H2,1H3,(H,20,21). The van der Waals surface area contributed by atoms with Crippen molar-refractivity contribution >= 4 is 23.2 Å². The number of anilines is 1. The van der Waals surface area contributed by atoms with Crippen LogP contribution in [0.3, 0.4) is 0 Å². The summed E-state index contributed by atoms with van der Waals surface area (Å²) >= 11 is 5.80. The summed E-state index contributed by atoms with van der Waals surface area (Å²) in [6.45, 7) is 2.72. The Bertz CT molecular complexity index is 628. The van der Waals surface area contributed by atoms with Gasteiger partial charge >= 0.3 is 0 Å². The summed E-state index contributed by atoms with van der Waals surface area (Å²) in [4.78, 5) is 11.9. The van der Waals surface area contributed by atoms with Crippen LogP contribution >= 0.6 is 11.6 Å². The molecule has 5 heteroatoms. The van der Waals surface area contributed by atoms with E-state index in [0.29, 0.717) is 23.1 Å². The number of ether oxygens (including phenoxy) is 2. The highest BCUT2D eigenvalue weighted by Gasteiger charge is 2.05. The van der Waals surface area contributed by atoms with Crippen LogP contribution in [0.2, 0.25) is 5.02 Å². The Balaban J connectivity index is 1.81. The van der Waals surface area contributed by atoms with Crippen molar-refractivity contribution < 1.29 is 14.3 Å². The summed E-state index contributed by atoms with van der Waals surface area (Å²) in [5, 5.41) is 3.37. The van der Waals surface area contributed by atoms with Crippen LogP contribution in [0, 0.1) is 0 Å². The molecule has 2 aromatic carbocycles.